The highest BCUT2D eigenvalue weighted by molar-refractivity contribution is 7.92. The van der Waals surface area contributed by atoms with Crippen molar-refractivity contribution in [1.29, 1.82) is 0 Å². The van der Waals surface area contributed by atoms with E-state index in [1.807, 2.05) is 41.0 Å². The van der Waals surface area contributed by atoms with E-state index < -0.39 is 10.0 Å². The molecule has 0 saturated carbocycles. The molecule has 0 saturated heterocycles. The van der Waals surface area contributed by atoms with Crippen molar-refractivity contribution in [3.63, 3.8) is 0 Å². The lowest BCUT2D eigenvalue weighted by molar-refractivity contribution is -0.114. The minimum atomic E-state index is -3.74. The van der Waals surface area contributed by atoms with Gasteiger partial charge in [0, 0.05) is 24.0 Å². The predicted octanol–water partition coefficient (Wildman–Crippen LogP) is 3.78. The van der Waals surface area contributed by atoms with Gasteiger partial charge in [0.1, 0.15) is 6.33 Å². The van der Waals surface area contributed by atoms with Crippen LogP contribution in [0.5, 0.6) is 0 Å². The lowest BCUT2D eigenvalue weighted by Gasteiger charge is -2.10. The number of amides is 1. The fourth-order valence-corrected chi connectivity index (χ4v) is 4.05. The van der Waals surface area contributed by atoms with Gasteiger partial charge in [0.05, 0.1) is 15.9 Å². The molecule has 0 aliphatic carbocycles. The van der Waals surface area contributed by atoms with Gasteiger partial charge < -0.3 is 5.32 Å². The molecule has 2 N–H and O–H groups in total. The highest BCUT2D eigenvalue weighted by Gasteiger charge is 2.14. The van der Waals surface area contributed by atoms with Crippen molar-refractivity contribution >= 4 is 38.3 Å². The van der Waals surface area contributed by atoms with E-state index in [9.17, 15) is 13.2 Å². The number of para-hydroxylation sites is 2. The van der Waals surface area contributed by atoms with Crippen molar-refractivity contribution in [3.05, 3.63) is 79.1 Å². The largest absolute Gasteiger partial charge is 0.326 e. The van der Waals surface area contributed by atoms with Crippen LogP contribution in [0, 0.1) is 0 Å². The number of benzene rings is 3. The molecule has 0 fully saturated rings. The van der Waals surface area contributed by atoms with Crippen LogP contribution < -0.4 is 10.0 Å². The standard InChI is InChI=1S/C21H18N4O3S/c1-15(26)23-16-8-12-19(13-9-16)29(27,28)24-17-6-10-18(11-7-17)25-14-22-20-4-2-3-5-21(20)25/h2-14,24H,1H3,(H,23,26). The first-order valence-electron chi connectivity index (χ1n) is 8.85. The minimum Gasteiger partial charge on any atom is -0.326 e. The molecule has 146 valence electrons. The van der Waals surface area contributed by atoms with Gasteiger partial charge in [-0.1, -0.05) is 12.1 Å². The summed E-state index contributed by atoms with van der Waals surface area (Å²) in [6.07, 6.45) is 1.74. The first kappa shape index (κ1) is 18.7. The Hall–Kier alpha value is -3.65. The van der Waals surface area contributed by atoms with E-state index in [0.717, 1.165) is 16.7 Å². The summed E-state index contributed by atoms with van der Waals surface area (Å²) in [5.74, 6) is -0.218. The fourth-order valence-electron chi connectivity index (χ4n) is 2.99. The molecule has 7 nitrogen and oxygen atoms in total. The van der Waals surface area contributed by atoms with Gasteiger partial charge in [-0.2, -0.15) is 0 Å². The number of rotatable bonds is 5. The molecule has 0 radical (unpaired) electrons. The number of hydrogen-bond donors (Lipinski definition) is 2. The Balaban J connectivity index is 1.54. The zero-order valence-electron chi connectivity index (χ0n) is 15.5. The molecule has 0 aliphatic heterocycles. The molecule has 0 spiro atoms. The monoisotopic (exact) mass is 406 g/mol. The summed E-state index contributed by atoms with van der Waals surface area (Å²) >= 11 is 0. The molecule has 4 rings (SSSR count). The normalized spacial score (nSPS) is 11.3. The number of sulfonamides is 1. The van der Waals surface area contributed by atoms with Gasteiger partial charge in [-0.3, -0.25) is 14.1 Å². The SMILES string of the molecule is CC(=O)Nc1ccc(S(=O)(=O)Nc2ccc(-n3cnc4ccccc43)cc2)cc1. The lowest BCUT2D eigenvalue weighted by Crippen LogP contribution is -2.13. The molecule has 1 amide bonds. The van der Waals surface area contributed by atoms with Crippen molar-refractivity contribution in [2.75, 3.05) is 10.0 Å². The van der Waals surface area contributed by atoms with Gasteiger partial charge in [-0.15, -0.1) is 0 Å². The second-order valence-electron chi connectivity index (χ2n) is 6.46. The van der Waals surface area contributed by atoms with E-state index in [4.69, 9.17) is 0 Å². The van der Waals surface area contributed by atoms with Crippen LogP contribution in [0.15, 0.2) is 84.0 Å². The number of nitrogens with one attached hydrogen (secondary N) is 2. The highest BCUT2D eigenvalue weighted by Crippen LogP contribution is 2.22. The van der Waals surface area contributed by atoms with E-state index in [2.05, 4.69) is 15.0 Å². The zero-order valence-corrected chi connectivity index (χ0v) is 16.3. The van der Waals surface area contributed by atoms with Crippen LogP contribution in [-0.4, -0.2) is 23.9 Å². The van der Waals surface area contributed by atoms with Gasteiger partial charge in [-0.05, 0) is 60.7 Å². The lowest BCUT2D eigenvalue weighted by atomic mass is 10.2. The molecular formula is C21H18N4O3S. The number of imidazole rings is 1. The first-order chi connectivity index (χ1) is 13.9. The average molecular weight is 406 g/mol. The molecule has 3 aromatic carbocycles. The first-order valence-corrected chi connectivity index (χ1v) is 10.3. The summed E-state index contributed by atoms with van der Waals surface area (Å²) in [4.78, 5) is 15.5. The van der Waals surface area contributed by atoms with E-state index >= 15 is 0 Å². The van der Waals surface area contributed by atoms with Crippen LogP contribution in [-0.2, 0) is 14.8 Å². The minimum absolute atomic E-state index is 0.108. The topological polar surface area (TPSA) is 93.1 Å². The molecule has 1 aromatic heterocycles. The van der Waals surface area contributed by atoms with Crippen LogP contribution in [0.1, 0.15) is 6.92 Å². The molecule has 4 aromatic rings. The number of anilines is 2. The summed E-state index contributed by atoms with van der Waals surface area (Å²) in [6.45, 7) is 1.39. The van der Waals surface area contributed by atoms with Crippen LogP contribution in [0.25, 0.3) is 16.7 Å². The summed E-state index contributed by atoms with van der Waals surface area (Å²) in [6, 6.07) is 20.8. The maximum atomic E-state index is 12.6. The van der Waals surface area contributed by atoms with Crippen molar-refractivity contribution in [2.24, 2.45) is 0 Å². The van der Waals surface area contributed by atoms with Crippen LogP contribution >= 0.6 is 0 Å². The van der Waals surface area contributed by atoms with Crippen molar-refractivity contribution in [2.45, 2.75) is 11.8 Å². The van der Waals surface area contributed by atoms with Gasteiger partial charge in [0.25, 0.3) is 10.0 Å². The Bertz CT molecular complexity index is 1280. The molecule has 0 atom stereocenters. The molecule has 8 heteroatoms. The Kier molecular flexibility index (Phi) is 4.77. The summed E-state index contributed by atoms with van der Waals surface area (Å²) in [5, 5.41) is 2.60. The predicted molar refractivity (Wildman–Crippen MR) is 113 cm³/mol. The number of carbonyl (C=O) groups excluding carboxylic acids is 1. The third-order valence-corrected chi connectivity index (χ3v) is 5.73. The van der Waals surface area contributed by atoms with Crippen molar-refractivity contribution in [1.82, 2.24) is 9.55 Å². The molecule has 0 aliphatic rings. The maximum Gasteiger partial charge on any atom is 0.261 e. The number of carbonyl (C=O) groups is 1. The average Bonchev–Trinajstić information content (AvgIpc) is 3.12. The number of aromatic nitrogens is 2. The van der Waals surface area contributed by atoms with Gasteiger partial charge in [0.15, 0.2) is 0 Å². The molecular weight excluding hydrogens is 388 g/mol. The maximum absolute atomic E-state index is 12.6. The summed E-state index contributed by atoms with van der Waals surface area (Å²) in [5.41, 5.74) is 3.72. The number of nitrogens with zero attached hydrogens (tertiary/aromatic N) is 2. The Labute approximate surface area is 168 Å². The van der Waals surface area contributed by atoms with Gasteiger partial charge in [0.2, 0.25) is 5.91 Å². The second kappa shape index (κ2) is 7.40. The van der Waals surface area contributed by atoms with E-state index in [1.54, 1.807) is 30.6 Å². The summed E-state index contributed by atoms with van der Waals surface area (Å²) < 4.78 is 29.7. The van der Waals surface area contributed by atoms with Gasteiger partial charge in [-0.25, -0.2) is 13.4 Å². The van der Waals surface area contributed by atoms with Gasteiger partial charge >= 0.3 is 0 Å². The van der Waals surface area contributed by atoms with E-state index in [-0.39, 0.29) is 10.8 Å². The molecule has 29 heavy (non-hydrogen) atoms. The smallest absolute Gasteiger partial charge is 0.261 e. The van der Waals surface area contributed by atoms with E-state index in [0.29, 0.717) is 11.4 Å². The van der Waals surface area contributed by atoms with Crippen LogP contribution in [0.3, 0.4) is 0 Å². The van der Waals surface area contributed by atoms with Crippen molar-refractivity contribution < 1.29 is 13.2 Å². The van der Waals surface area contributed by atoms with E-state index in [1.165, 1.54) is 19.1 Å². The fraction of sp³-hybridized carbons (Fsp3) is 0.0476. The molecule has 0 bridgehead atoms. The Morgan fingerprint density at radius 2 is 1.55 bits per heavy atom. The van der Waals surface area contributed by atoms with Crippen LogP contribution in [0.2, 0.25) is 0 Å². The molecule has 0 unspecified atom stereocenters. The Morgan fingerprint density at radius 3 is 2.24 bits per heavy atom. The van der Waals surface area contributed by atoms with Crippen molar-refractivity contribution in [3.8, 4) is 5.69 Å². The quantitative estimate of drug-likeness (QED) is 0.527. The summed E-state index contributed by atoms with van der Waals surface area (Å²) in [7, 11) is -3.74. The number of hydrogen-bond acceptors (Lipinski definition) is 4. The highest BCUT2D eigenvalue weighted by atomic mass is 32.2. The second-order valence-corrected chi connectivity index (χ2v) is 8.14. The third-order valence-electron chi connectivity index (χ3n) is 4.34. The third kappa shape index (κ3) is 3.97. The Morgan fingerprint density at radius 1 is 0.897 bits per heavy atom. The molecule has 1 heterocycles. The van der Waals surface area contributed by atoms with Crippen LogP contribution in [0.4, 0.5) is 11.4 Å². The zero-order chi connectivity index (χ0) is 20.4. The number of fused-ring (bicyclic) bond motifs is 1.